The van der Waals surface area contributed by atoms with Crippen molar-refractivity contribution in [1.82, 2.24) is 4.57 Å². The first kappa shape index (κ1) is 15.4. The number of carbonyl (C=O) groups is 1. The number of esters is 1. The SMILES string of the molecule is CCCCCCOC(=O)Cn1ccc2cc(OC)ccc21. The van der Waals surface area contributed by atoms with E-state index in [1.54, 1.807) is 7.11 Å². The number of unbranched alkanes of at least 4 members (excludes halogenated alkanes) is 3. The minimum absolute atomic E-state index is 0.181. The molecule has 0 fully saturated rings. The highest BCUT2D eigenvalue weighted by Crippen LogP contribution is 2.21. The molecule has 0 amide bonds. The zero-order valence-corrected chi connectivity index (χ0v) is 12.8. The second kappa shape index (κ2) is 7.72. The van der Waals surface area contributed by atoms with E-state index in [0.717, 1.165) is 29.5 Å². The molecular weight excluding hydrogens is 266 g/mol. The number of aromatic nitrogens is 1. The van der Waals surface area contributed by atoms with Gasteiger partial charge in [0, 0.05) is 17.1 Å². The molecule has 1 heterocycles. The van der Waals surface area contributed by atoms with Crippen LogP contribution in [0.4, 0.5) is 0 Å². The van der Waals surface area contributed by atoms with Gasteiger partial charge in [0.05, 0.1) is 13.7 Å². The Bertz CT molecular complexity index is 589. The first-order valence-electron chi connectivity index (χ1n) is 7.53. The van der Waals surface area contributed by atoms with Crippen LogP contribution in [-0.2, 0) is 16.1 Å². The molecule has 0 spiro atoms. The van der Waals surface area contributed by atoms with Crippen LogP contribution in [0.3, 0.4) is 0 Å². The first-order chi connectivity index (χ1) is 10.2. The third-order valence-electron chi connectivity index (χ3n) is 3.54. The quantitative estimate of drug-likeness (QED) is 0.548. The van der Waals surface area contributed by atoms with E-state index in [1.165, 1.54) is 12.8 Å². The fourth-order valence-corrected chi connectivity index (χ4v) is 2.34. The largest absolute Gasteiger partial charge is 0.497 e. The van der Waals surface area contributed by atoms with Crippen LogP contribution in [0.15, 0.2) is 30.5 Å². The summed E-state index contributed by atoms with van der Waals surface area (Å²) in [5.74, 6) is 0.638. The Hall–Kier alpha value is -1.97. The molecule has 0 unspecified atom stereocenters. The molecule has 0 aliphatic heterocycles. The number of hydrogen-bond acceptors (Lipinski definition) is 3. The van der Waals surface area contributed by atoms with Gasteiger partial charge in [-0.25, -0.2) is 0 Å². The fourth-order valence-electron chi connectivity index (χ4n) is 2.34. The molecule has 0 N–H and O–H groups in total. The van der Waals surface area contributed by atoms with Crippen molar-refractivity contribution in [3.63, 3.8) is 0 Å². The molecule has 4 nitrogen and oxygen atoms in total. The fraction of sp³-hybridized carbons (Fsp3) is 0.471. The lowest BCUT2D eigenvalue weighted by Crippen LogP contribution is -2.13. The van der Waals surface area contributed by atoms with Crippen molar-refractivity contribution in [3.05, 3.63) is 30.5 Å². The van der Waals surface area contributed by atoms with Crippen molar-refractivity contribution < 1.29 is 14.3 Å². The summed E-state index contributed by atoms with van der Waals surface area (Å²) < 4.78 is 12.4. The average molecular weight is 289 g/mol. The molecule has 0 atom stereocenters. The van der Waals surface area contributed by atoms with Crippen molar-refractivity contribution >= 4 is 16.9 Å². The van der Waals surface area contributed by atoms with Crippen LogP contribution >= 0.6 is 0 Å². The average Bonchev–Trinajstić information content (AvgIpc) is 2.89. The predicted molar refractivity (Wildman–Crippen MR) is 83.6 cm³/mol. The maximum absolute atomic E-state index is 11.8. The molecule has 1 aromatic heterocycles. The zero-order chi connectivity index (χ0) is 15.1. The molecule has 4 heteroatoms. The van der Waals surface area contributed by atoms with E-state index in [1.807, 2.05) is 35.0 Å². The van der Waals surface area contributed by atoms with E-state index in [0.29, 0.717) is 6.61 Å². The third kappa shape index (κ3) is 4.25. The number of rotatable bonds is 8. The number of nitrogens with zero attached hydrogens (tertiary/aromatic N) is 1. The zero-order valence-electron chi connectivity index (χ0n) is 12.8. The lowest BCUT2D eigenvalue weighted by atomic mass is 10.2. The molecule has 0 aliphatic rings. The highest BCUT2D eigenvalue weighted by atomic mass is 16.5. The van der Waals surface area contributed by atoms with Gasteiger partial charge in [-0.05, 0) is 30.7 Å². The normalized spacial score (nSPS) is 10.8. The summed E-state index contributed by atoms with van der Waals surface area (Å²) in [6.45, 7) is 2.94. The molecule has 0 saturated heterocycles. The maximum atomic E-state index is 11.8. The van der Waals surface area contributed by atoms with Crippen LogP contribution < -0.4 is 4.74 Å². The van der Waals surface area contributed by atoms with Gasteiger partial charge in [-0.3, -0.25) is 4.79 Å². The van der Waals surface area contributed by atoms with Gasteiger partial charge in [-0.15, -0.1) is 0 Å². The standard InChI is InChI=1S/C17H23NO3/c1-3-4-5-6-11-21-17(19)13-18-10-9-14-12-15(20-2)7-8-16(14)18/h7-10,12H,3-6,11,13H2,1-2H3. The summed E-state index contributed by atoms with van der Waals surface area (Å²) in [6.07, 6.45) is 6.36. The molecule has 0 radical (unpaired) electrons. The van der Waals surface area contributed by atoms with E-state index in [4.69, 9.17) is 9.47 Å². The Kier molecular flexibility index (Phi) is 5.67. The summed E-state index contributed by atoms with van der Waals surface area (Å²) >= 11 is 0. The molecule has 1 aromatic carbocycles. The van der Waals surface area contributed by atoms with E-state index in [2.05, 4.69) is 6.92 Å². The minimum atomic E-state index is -0.181. The third-order valence-corrected chi connectivity index (χ3v) is 3.54. The van der Waals surface area contributed by atoms with Gasteiger partial charge in [-0.2, -0.15) is 0 Å². The number of fused-ring (bicyclic) bond motifs is 1. The minimum Gasteiger partial charge on any atom is -0.497 e. The van der Waals surface area contributed by atoms with Crippen molar-refractivity contribution in [2.45, 2.75) is 39.2 Å². The van der Waals surface area contributed by atoms with Gasteiger partial charge in [-0.1, -0.05) is 26.2 Å². The number of benzene rings is 1. The van der Waals surface area contributed by atoms with Crippen molar-refractivity contribution in [2.24, 2.45) is 0 Å². The second-order valence-electron chi connectivity index (χ2n) is 5.15. The smallest absolute Gasteiger partial charge is 0.325 e. The molecule has 0 aliphatic carbocycles. The highest BCUT2D eigenvalue weighted by molar-refractivity contribution is 5.83. The number of methoxy groups -OCH3 is 1. The van der Waals surface area contributed by atoms with E-state index < -0.39 is 0 Å². The van der Waals surface area contributed by atoms with Crippen LogP contribution in [0, 0.1) is 0 Å². The van der Waals surface area contributed by atoms with Gasteiger partial charge >= 0.3 is 5.97 Å². The van der Waals surface area contributed by atoms with E-state index in [9.17, 15) is 4.79 Å². The summed E-state index contributed by atoms with van der Waals surface area (Å²) in [5, 5.41) is 1.06. The van der Waals surface area contributed by atoms with Gasteiger partial charge in [0.25, 0.3) is 0 Å². The van der Waals surface area contributed by atoms with Gasteiger partial charge in [0.2, 0.25) is 0 Å². The van der Waals surface area contributed by atoms with Crippen LogP contribution in [0.2, 0.25) is 0 Å². The monoisotopic (exact) mass is 289 g/mol. The lowest BCUT2D eigenvalue weighted by Gasteiger charge is -2.07. The Balaban J connectivity index is 1.89. The van der Waals surface area contributed by atoms with Gasteiger partial charge < -0.3 is 14.0 Å². The first-order valence-corrected chi connectivity index (χ1v) is 7.53. The number of hydrogen-bond donors (Lipinski definition) is 0. The van der Waals surface area contributed by atoms with Gasteiger partial charge in [0.15, 0.2) is 0 Å². The second-order valence-corrected chi connectivity index (χ2v) is 5.15. The molecule has 114 valence electrons. The Morgan fingerprint density at radius 3 is 2.81 bits per heavy atom. The van der Waals surface area contributed by atoms with E-state index in [-0.39, 0.29) is 12.5 Å². The Morgan fingerprint density at radius 1 is 1.19 bits per heavy atom. The molecule has 2 rings (SSSR count). The summed E-state index contributed by atoms with van der Waals surface area (Å²) in [5.41, 5.74) is 1.01. The summed E-state index contributed by atoms with van der Waals surface area (Å²) in [6, 6.07) is 7.80. The topological polar surface area (TPSA) is 40.5 Å². The molecule has 21 heavy (non-hydrogen) atoms. The van der Waals surface area contributed by atoms with Crippen LogP contribution in [0.1, 0.15) is 32.6 Å². The molecule has 0 bridgehead atoms. The van der Waals surface area contributed by atoms with Gasteiger partial charge in [0.1, 0.15) is 12.3 Å². The van der Waals surface area contributed by atoms with Crippen LogP contribution in [0.25, 0.3) is 10.9 Å². The summed E-state index contributed by atoms with van der Waals surface area (Å²) in [4.78, 5) is 11.8. The predicted octanol–water partition coefficient (Wildman–Crippen LogP) is 3.77. The van der Waals surface area contributed by atoms with Crippen LogP contribution in [0.5, 0.6) is 5.75 Å². The van der Waals surface area contributed by atoms with Crippen molar-refractivity contribution in [2.75, 3.05) is 13.7 Å². The summed E-state index contributed by atoms with van der Waals surface area (Å²) in [7, 11) is 1.65. The van der Waals surface area contributed by atoms with Crippen LogP contribution in [-0.4, -0.2) is 24.3 Å². The number of ether oxygens (including phenoxy) is 2. The van der Waals surface area contributed by atoms with Crippen molar-refractivity contribution in [1.29, 1.82) is 0 Å². The lowest BCUT2D eigenvalue weighted by molar-refractivity contribution is -0.144. The Morgan fingerprint density at radius 2 is 2.05 bits per heavy atom. The highest BCUT2D eigenvalue weighted by Gasteiger charge is 2.08. The van der Waals surface area contributed by atoms with Crippen molar-refractivity contribution in [3.8, 4) is 5.75 Å². The Labute approximate surface area is 125 Å². The molecule has 0 saturated carbocycles. The number of carbonyl (C=O) groups excluding carboxylic acids is 1. The molecule has 2 aromatic rings. The maximum Gasteiger partial charge on any atom is 0.325 e. The van der Waals surface area contributed by atoms with E-state index >= 15 is 0 Å². The molecular formula is C17H23NO3.